The lowest BCUT2D eigenvalue weighted by Crippen LogP contribution is -2.16. The number of methoxy groups -OCH3 is 2. The monoisotopic (exact) mass is 367 g/mol. The van der Waals surface area contributed by atoms with Gasteiger partial charge in [0.2, 0.25) is 5.89 Å². The van der Waals surface area contributed by atoms with E-state index in [9.17, 15) is 0 Å². The van der Waals surface area contributed by atoms with Crippen LogP contribution < -0.4 is 9.47 Å². The SMILES string of the molecule is COc1ccc(-c2nc3cc(C(C)(C)C)cc(C(C)(C)C)c3o2)c(OC)c1. The lowest BCUT2D eigenvalue weighted by atomic mass is 9.80. The first-order valence-corrected chi connectivity index (χ1v) is 9.22. The van der Waals surface area contributed by atoms with Crippen molar-refractivity contribution in [1.82, 2.24) is 4.98 Å². The predicted molar refractivity (Wildman–Crippen MR) is 110 cm³/mol. The molecule has 0 N–H and O–H groups in total. The van der Waals surface area contributed by atoms with Crippen LogP contribution in [0.1, 0.15) is 52.7 Å². The summed E-state index contributed by atoms with van der Waals surface area (Å²) in [7, 11) is 3.27. The largest absolute Gasteiger partial charge is 0.497 e. The summed E-state index contributed by atoms with van der Waals surface area (Å²) >= 11 is 0. The number of hydrogen-bond donors (Lipinski definition) is 0. The molecule has 0 atom stereocenters. The van der Waals surface area contributed by atoms with Gasteiger partial charge < -0.3 is 13.9 Å². The molecule has 3 rings (SSSR count). The van der Waals surface area contributed by atoms with Crippen LogP contribution in [0.3, 0.4) is 0 Å². The van der Waals surface area contributed by atoms with Crippen LogP contribution in [0.4, 0.5) is 0 Å². The summed E-state index contributed by atoms with van der Waals surface area (Å²) < 4.78 is 17.1. The van der Waals surface area contributed by atoms with Gasteiger partial charge in [0.1, 0.15) is 17.0 Å². The van der Waals surface area contributed by atoms with Crippen molar-refractivity contribution in [3.63, 3.8) is 0 Å². The number of benzene rings is 2. The fourth-order valence-corrected chi connectivity index (χ4v) is 3.11. The van der Waals surface area contributed by atoms with E-state index >= 15 is 0 Å². The Balaban J connectivity index is 2.26. The second-order valence-electron chi connectivity index (χ2n) is 8.96. The summed E-state index contributed by atoms with van der Waals surface area (Å²) in [5, 5.41) is 0. The zero-order valence-corrected chi connectivity index (χ0v) is 17.6. The Morgan fingerprint density at radius 1 is 0.852 bits per heavy atom. The van der Waals surface area contributed by atoms with Crippen molar-refractivity contribution in [2.75, 3.05) is 14.2 Å². The standard InChI is InChI=1S/C23H29NO3/c1-22(2,3)14-11-17(23(4,5)6)20-18(12-14)24-21(27-20)16-10-9-15(25-7)13-19(16)26-8/h9-13H,1-8H3. The number of hydrogen-bond acceptors (Lipinski definition) is 4. The quantitative estimate of drug-likeness (QED) is 0.560. The van der Waals surface area contributed by atoms with Crippen molar-refractivity contribution in [3.05, 3.63) is 41.5 Å². The molecule has 0 fully saturated rings. The average molecular weight is 367 g/mol. The Labute approximate surface area is 161 Å². The summed E-state index contributed by atoms with van der Waals surface area (Å²) in [5.41, 5.74) is 4.92. The fraction of sp³-hybridized carbons (Fsp3) is 0.435. The number of rotatable bonds is 3. The maximum atomic E-state index is 6.26. The maximum Gasteiger partial charge on any atom is 0.231 e. The molecule has 0 bridgehead atoms. The minimum atomic E-state index is -0.0553. The zero-order chi connectivity index (χ0) is 20.0. The minimum Gasteiger partial charge on any atom is -0.497 e. The van der Waals surface area contributed by atoms with Gasteiger partial charge in [0.25, 0.3) is 0 Å². The van der Waals surface area contributed by atoms with Crippen molar-refractivity contribution in [1.29, 1.82) is 0 Å². The second-order valence-corrected chi connectivity index (χ2v) is 8.96. The minimum absolute atomic E-state index is 0.0328. The van der Waals surface area contributed by atoms with Gasteiger partial charge in [-0.25, -0.2) is 4.98 Å². The molecule has 27 heavy (non-hydrogen) atoms. The molecule has 1 heterocycles. The molecule has 4 nitrogen and oxygen atoms in total. The van der Waals surface area contributed by atoms with Crippen molar-refractivity contribution in [2.24, 2.45) is 0 Å². The summed E-state index contributed by atoms with van der Waals surface area (Å²) in [4.78, 5) is 4.81. The number of fused-ring (bicyclic) bond motifs is 1. The van der Waals surface area contributed by atoms with Crippen LogP contribution in [0.15, 0.2) is 34.7 Å². The third kappa shape index (κ3) is 3.66. The van der Waals surface area contributed by atoms with Gasteiger partial charge in [-0.15, -0.1) is 0 Å². The second kappa shape index (κ2) is 6.59. The van der Waals surface area contributed by atoms with E-state index in [-0.39, 0.29) is 10.8 Å². The van der Waals surface area contributed by atoms with E-state index in [1.807, 2.05) is 18.2 Å². The number of aromatic nitrogens is 1. The third-order valence-electron chi connectivity index (χ3n) is 4.80. The average Bonchev–Trinajstić information content (AvgIpc) is 3.02. The van der Waals surface area contributed by atoms with E-state index in [4.69, 9.17) is 18.9 Å². The van der Waals surface area contributed by atoms with E-state index in [1.54, 1.807) is 14.2 Å². The molecule has 0 radical (unpaired) electrons. The molecule has 0 amide bonds. The van der Waals surface area contributed by atoms with Crippen LogP contribution in [0.2, 0.25) is 0 Å². The Kier molecular flexibility index (Phi) is 4.71. The first kappa shape index (κ1) is 19.3. The van der Waals surface area contributed by atoms with Gasteiger partial charge in [0.15, 0.2) is 5.58 Å². The van der Waals surface area contributed by atoms with E-state index in [2.05, 4.69) is 53.7 Å². The van der Waals surface area contributed by atoms with E-state index < -0.39 is 0 Å². The Hall–Kier alpha value is -2.49. The highest BCUT2D eigenvalue weighted by Gasteiger charge is 2.26. The van der Waals surface area contributed by atoms with E-state index in [1.165, 1.54) is 5.56 Å². The van der Waals surface area contributed by atoms with Gasteiger partial charge in [-0.2, -0.15) is 0 Å². The number of oxazole rings is 1. The van der Waals surface area contributed by atoms with Crippen LogP contribution in [0.25, 0.3) is 22.6 Å². The normalized spacial score (nSPS) is 12.4. The van der Waals surface area contributed by atoms with Crippen LogP contribution in [-0.2, 0) is 10.8 Å². The molecule has 0 saturated carbocycles. The lowest BCUT2D eigenvalue weighted by molar-refractivity contribution is 0.394. The molecule has 144 valence electrons. The van der Waals surface area contributed by atoms with Crippen LogP contribution >= 0.6 is 0 Å². The third-order valence-corrected chi connectivity index (χ3v) is 4.80. The molecular weight excluding hydrogens is 338 g/mol. The molecule has 3 aromatic rings. The molecule has 0 spiro atoms. The lowest BCUT2D eigenvalue weighted by Gasteiger charge is -2.24. The van der Waals surface area contributed by atoms with Gasteiger partial charge in [-0.05, 0) is 34.6 Å². The van der Waals surface area contributed by atoms with Gasteiger partial charge in [0.05, 0.1) is 19.8 Å². The summed E-state index contributed by atoms with van der Waals surface area (Å²) in [6.07, 6.45) is 0. The fourth-order valence-electron chi connectivity index (χ4n) is 3.11. The van der Waals surface area contributed by atoms with E-state index in [0.717, 1.165) is 28.0 Å². The number of ether oxygens (including phenoxy) is 2. The summed E-state index contributed by atoms with van der Waals surface area (Å²) in [5.74, 6) is 1.97. The van der Waals surface area contributed by atoms with Crippen LogP contribution in [-0.4, -0.2) is 19.2 Å². The highest BCUT2D eigenvalue weighted by Crippen LogP contribution is 2.39. The predicted octanol–water partition coefficient (Wildman–Crippen LogP) is 6.11. The van der Waals surface area contributed by atoms with Crippen molar-refractivity contribution < 1.29 is 13.9 Å². The van der Waals surface area contributed by atoms with Gasteiger partial charge in [-0.1, -0.05) is 47.6 Å². The first-order valence-electron chi connectivity index (χ1n) is 9.22. The maximum absolute atomic E-state index is 6.26. The molecule has 4 heteroatoms. The Bertz CT molecular complexity index is 972. The van der Waals surface area contributed by atoms with Gasteiger partial charge >= 0.3 is 0 Å². The molecule has 0 aliphatic carbocycles. The summed E-state index contributed by atoms with van der Waals surface area (Å²) in [6.45, 7) is 13.2. The number of nitrogens with zero attached hydrogens (tertiary/aromatic N) is 1. The molecular formula is C23H29NO3. The topological polar surface area (TPSA) is 44.5 Å². The van der Waals surface area contributed by atoms with Gasteiger partial charge in [0, 0.05) is 11.6 Å². The first-order chi connectivity index (χ1) is 12.5. The highest BCUT2D eigenvalue weighted by molar-refractivity contribution is 5.82. The molecule has 0 aliphatic rings. The molecule has 1 aromatic heterocycles. The zero-order valence-electron chi connectivity index (χ0n) is 17.6. The Morgan fingerprint density at radius 3 is 2.11 bits per heavy atom. The molecule has 0 unspecified atom stereocenters. The molecule has 0 saturated heterocycles. The molecule has 0 aliphatic heterocycles. The van der Waals surface area contributed by atoms with Gasteiger partial charge in [-0.3, -0.25) is 0 Å². The highest BCUT2D eigenvalue weighted by atomic mass is 16.5. The van der Waals surface area contributed by atoms with Crippen LogP contribution in [0.5, 0.6) is 11.5 Å². The summed E-state index contributed by atoms with van der Waals surface area (Å²) in [6, 6.07) is 10.0. The van der Waals surface area contributed by atoms with Crippen molar-refractivity contribution in [3.8, 4) is 23.0 Å². The van der Waals surface area contributed by atoms with Crippen molar-refractivity contribution in [2.45, 2.75) is 52.4 Å². The van der Waals surface area contributed by atoms with Crippen molar-refractivity contribution >= 4 is 11.1 Å². The Morgan fingerprint density at radius 2 is 1.56 bits per heavy atom. The van der Waals surface area contributed by atoms with E-state index in [0.29, 0.717) is 11.6 Å². The smallest absolute Gasteiger partial charge is 0.231 e. The molecule has 2 aromatic carbocycles. The van der Waals surface area contributed by atoms with Crippen LogP contribution in [0, 0.1) is 0 Å².